The molecule has 0 radical (unpaired) electrons. The fourth-order valence-electron chi connectivity index (χ4n) is 0.987. The van der Waals surface area contributed by atoms with Crippen LogP contribution in [0.2, 0.25) is 0 Å². The van der Waals surface area contributed by atoms with Crippen LogP contribution in [0.4, 0.5) is 13.2 Å². The van der Waals surface area contributed by atoms with Crippen LogP contribution in [0.25, 0.3) is 0 Å². The van der Waals surface area contributed by atoms with E-state index in [1.165, 1.54) is 0 Å². The molecule has 0 aromatic carbocycles. The van der Waals surface area contributed by atoms with E-state index in [1.54, 1.807) is 0 Å². The molecule has 18 heavy (non-hydrogen) atoms. The van der Waals surface area contributed by atoms with Gasteiger partial charge in [-0.2, -0.15) is 4.98 Å². The lowest BCUT2D eigenvalue weighted by Gasteiger charge is -2.12. The highest BCUT2D eigenvalue weighted by Crippen LogP contribution is 2.35. The van der Waals surface area contributed by atoms with Gasteiger partial charge in [0.25, 0.3) is 5.88 Å². The summed E-state index contributed by atoms with van der Waals surface area (Å²) in [4.78, 5) is 2.30. The van der Waals surface area contributed by atoms with Crippen LogP contribution in [0.3, 0.4) is 0 Å². The third-order valence-electron chi connectivity index (χ3n) is 1.61. The number of halogens is 3. The van der Waals surface area contributed by atoms with Gasteiger partial charge in [-0.3, -0.25) is 0 Å². The number of nitrogens with two attached hydrogens (primary N) is 1. The molecule has 0 aliphatic heterocycles. The molecule has 0 bridgehead atoms. The van der Waals surface area contributed by atoms with Gasteiger partial charge in [0.2, 0.25) is 15.9 Å². The zero-order valence-corrected chi connectivity index (χ0v) is 9.54. The molecule has 3 N–H and O–H groups in total. The largest absolute Gasteiger partial charge is 0.574 e. The maximum atomic E-state index is 11.9. The summed E-state index contributed by atoms with van der Waals surface area (Å²) in [7, 11) is -3.35. The van der Waals surface area contributed by atoms with Crippen molar-refractivity contribution in [2.75, 3.05) is 7.11 Å². The standard InChI is InChI=1S/C7H7F3N2O5S/c1-16-6-4(18(11,14)15)2-3(13)5(12-6)17-7(8,9)10/h2,13H,1H3,(H2,11,14,15). The number of methoxy groups -OCH3 is 1. The summed E-state index contributed by atoms with van der Waals surface area (Å²) in [5, 5.41) is 13.9. The molecule has 0 amide bonds. The average molecular weight is 288 g/mol. The number of aromatic hydroxyl groups is 1. The van der Waals surface area contributed by atoms with E-state index in [-0.39, 0.29) is 0 Å². The van der Waals surface area contributed by atoms with Gasteiger partial charge in [-0.1, -0.05) is 0 Å². The summed E-state index contributed by atoms with van der Waals surface area (Å²) < 4.78 is 65.7. The summed E-state index contributed by atoms with van der Waals surface area (Å²) in [6.45, 7) is 0. The first-order chi connectivity index (χ1) is 8.04. The molecule has 1 rings (SSSR count). The van der Waals surface area contributed by atoms with E-state index in [2.05, 4.69) is 14.5 Å². The number of primary sulfonamides is 1. The molecule has 0 aliphatic carbocycles. The molecule has 1 heterocycles. The molecule has 0 saturated carbocycles. The third kappa shape index (κ3) is 3.37. The van der Waals surface area contributed by atoms with Crippen molar-refractivity contribution in [2.24, 2.45) is 5.14 Å². The Kier molecular flexibility index (Phi) is 3.57. The van der Waals surface area contributed by atoms with Crippen LogP contribution >= 0.6 is 0 Å². The maximum Gasteiger partial charge on any atom is 0.574 e. The Hall–Kier alpha value is -1.75. The Bertz CT molecular complexity index is 557. The predicted octanol–water partition coefficient (Wildman–Crippen LogP) is 0.342. The number of rotatable bonds is 3. The van der Waals surface area contributed by atoms with Gasteiger partial charge in [0.1, 0.15) is 4.90 Å². The van der Waals surface area contributed by atoms with Gasteiger partial charge in [0, 0.05) is 6.07 Å². The highest BCUT2D eigenvalue weighted by Gasteiger charge is 2.34. The number of pyridine rings is 1. The van der Waals surface area contributed by atoms with Gasteiger partial charge in [-0.25, -0.2) is 13.6 Å². The summed E-state index contributed by atoms with van der Waals surface area (Å²) in [6.07, 6.45) is -5.10. The summed E-state index contributed by atoms with van der Waals surface area (Å²) in [6, 6.07) is 0.447. The van der Waals surface area contributed by atoms with Crippen molar-refractivity contribution in [3.05, 3.63) is 6.07 Å². The lowest BCUT2D eigenvalue weighted by molar-refractivity contribution is -0.276. The number of ether oxygens (including phenoxy) is 2. The van der Waals surface area contributed by atoms with Gasteiger partial charge in [-0.15, -0.1) is 13.2 Å². The molecule has 1 aromatic heterocycles. The monoisotopic (exact) mass is 288 g/mol. The Labute approximate surface area is 99.0 Å². The summed E-state index contributed by atoms with van der Waals surface area (Å²) >= 11 is 0. The molecular formula is C7H7F3N2O5S. The van der Waals surface area contributed by atoms with Crippen LogP contribution in [0.5, 0.6) is 17.5 Å². The van der Waals surface area contributed by atoms with Gasteiger partial charge in [0.05, 0.1) is 7.11 Å². The number of hydrogen-bond acceptors (Lipinski definition) is 6. The summed E-state index contributed by atoms with van der Waals surface area (Å²) in [5.41, 5.74) is 0. The predicted molar refractivity (Wildman–Crippen MR) is 50.5 cm³/mol. The first kappa shape index (κ1) is 14.3. The van der Waals surface area contributed by atoms with Crippen molar-refractivity contribution in [3.63, 3.8) is 0 Å². The Morgan fingerprint density at radius 3 is 2.33 bits per heavy atom. The molecule has 0 spiro atoms. The second-order valence-electron chi connectivity index (χ2n) is 2.91. The molecule has 0 aliphatic rings. The van der Waals surface area contributed by atoms with Crippen molar-refractivity contribution in [1.29, 1.82) is 0 Å². The SMILES string of the molecule is COc1nc(OC(F)(F)F)c(O)cc1S(N)(=O)=O. The quantitative estimate of drug-likeness (QED) is 0.829. The lowest BCUT2D eigenvalue weighted by Crippen LogP contribution is -2.19. The molecule has 0 fully saturated rings. The Morgan fingerprint density at radius 1 is 1.39 bits per heavy atom. The van der Waals surface area contributed by atoms with Crippen LogP contribution in [0.15, 0.2) is 11.0 Å². The van der Waals surface area contributed by atoms with Crippen molar-refractivity contribution in [1.82, 2.24) is 4.98 Å². The molecule has 0 atom stereocenters. The number of aromatic nitrogens is 1. The minimum atomic E-state index is -5.10. The average Bonchev–Trinajstić information content (AvgIpc) is 2.17. The fourth-order valence-corrected chi connectivity index (χ4v) is 1.64. The van der Waals surface area contributed by atoms with Crippen LogP contribution in [-0.2, 0) is 10.0 Å². The van der Waals surface area contributed by atoms with Gasteiger partial charge >= 0.3 is 6.36 Å². The zero-order valence-electron chi connectivity index (χ0n) is 8.72. The summed E-state index contributed by atoms with van der Waals surface area (Å²) in [5.74, 6) is -3.11. The van der Waals surface area contributed by atoms with Gasteiger partial charge < -0.3 is 14.6 Å². The minimum Gasteiger partial charge on any atom is -0.503 e. The number of sulfonamides is 1. The molecule has 0 saturated heterocycles. The van der Waals surface area contributed by atoms with Crippen molar-refractivity contribution in [2.45, 2.75) is 11.3 Å². The number of nitrogens with zero attached hydrogens (tertiary/aromatic N) is 1. The Balaban J connectivity index is 3.36. The molecular weight excluding hydrogens is 281 g/mol. The van der Waals surface area contributed by atoms with E-state index in [1.807, 2.05) is 0 Å². The molecule has 102 valence electrons. The first-order valence-corrected chi connectivity index (χ1v) is 5.66. The molecule has 0 unspecified atom stereocenters. The zero-order chi connectivity index (χ0) is 14.1. The topological polar surface area (TPSA) is 112 Å². The normalized spacial score (nSPS) is 12.3. The molecule has 11 heteroatoms. The van der Waals surface area contributed by atoms with Gasteiger partial charge in [-0.05, 0) is 0 Å². The van der Waals surface area contributed by atoms with E-state index < -0.39 is 38.8 Å². The maximum absolute atomic E-state index is 11.9. The second kappa shape index (κ2) is 4.49. The van der Waals surface area contributed by atoms with E-state index in [9.17, 15) is 26.7 Å². The van der Waals surface area contributed by atoms with Crippen molar-refractivity contribution >= 4 is 10.0 Å². The number of alkyl halides is 3. The van der Waals surface area contributed by atoms with Crippen molar-refractivity contribution in [3.8, 4) is 17.5 Å². The lowest BCUT2D eigenvalue weighted by atomic mass is 10.4. The van der Waals surface area contributed by atoms with Crippen LogP contribution in [0, 0.1) is 0 Å². The number of hydrogen-bond donors (Lipinski definition) is 2. The van der Waals surface area contributed by atoms with E-state index in [4.69, 9.17) is 5.14 Å². The van der Waals surface area contributed by atoms with E-state index in [0.29, 0.717) is 6.07 Å². The smallest absolute Gasteiger partial charge is 0.503 e. The van der Waals surface area contributed by atoms with Crippen LogP contribution in [0.1, 0.15) is 0 Å². The Morgan fingerprint density at radius 2 is 1.94 bits per heavy atom. The molecule has 7 nitrogen and oxygen atoms in total. The van der Waals surface area contributed by atoms with Crippen molar-refractivity contribution < 1.29 is 36.2 Å². The third-order valence-corrected chi connectivity index (χ3v) is 2.52. The van der Waals surface area contributed by atoms with Gasteiger partial charge in [0.15, 0.2) is 5.75 Å². The van der Waals surface area contributed by atoms with Crippen LogP contribution < -0.4 is 14.6 Å². The van der Waals surface area contributed by atoms with E-state index >= 15 is 0 Å². The first-order valence-electron chi connectivity index (χ1n) is 4.11. The van der Waals surface area contributed by atoms with E-state index in [0.717, 1.165) is 7.11 Å². The highest BCUT2D eigenvalue weighted by molar-refractivity contribution is 7.89. The minimum absolute atomic E-state index is 0.447. The second-order valence-corrected chi connectivity index (χ2v) is 4.44. The fraction of sp³-hybridized carbons (Fsp3) is 0.286. The highest BCUT2D eigenvalue weighted by atomic mass is 32.2. The molecule has 1 aromatic rings. The van der Waals surface area contributed by atoms with Crippen LogP contribution in [-0.4, -0.2) is 32.0 Å².